The SMILES string of the molecule is O=C(N[C@@H]1CN(C2CCSCC2)CC[C@@H]1O)c1cc(-c2ccccc2)no1. The van der Waals surface area contributed by atoms with Crippen LogP contribution in [0.4, 0.5) is 0 Å². The molecule has 1 amide bonds. The summed E-state index contributed by atoms with van der Waals surface area (Å²) in [4.78, 5) is 15.0. The van der Waals surface area contributed by atoms with Gasteiger partial charge in [-0.15, -0.1) is 0 Å². The van der Waals surface area contributed by atoms with Gasteiger partial charge in [-0.2, -0.15) is 11.8 Å². The van der Waals surface area contributed by atoms with E-state index in [0.717, 1.165) is 12.1 Å². The highest BCUT2D eigenvalue weighted by molar-refractivity contribution is 7.99. The quantitative estimate of drug-likeness (QED) is 0.839. The van der Waals surface area contributed by atoms with Gasteiger partial charge in [0, 0.05) is 30.8 Å². The number of aliphatic hydroxyl groups is 1. The van der Waals surface area contributed by atoms with Crippen LogP contribution in [-0.2, 0) is 0 Å². The van der Waals surface area contributed by atoms with Crippen molar-refractivity contribution in [2.75, 3.05) is 24.6 Å². The summed E-state index contributed by atoms with van der Waals surface area (Å²) >= 11 is 2.01. The molecule has 2 atom stereocenters. The van der Waals surface area contributed by atoms with Gasteiger partial charge in [-0.3, -0.25) is 9.69 Å². The number of aliphatic hydroxyl groups excluding tert-OH is 1. The van der Waals surface area contributed by atoms with E-state index in [9.17, 15) is 9.90 Å². The molecule has 2 N–H and O–H groups in total. The first-order chi connectivity index (χ1) is 13.2. The second kappa shape index (κ2) is 8.46. The number of hydrogen-bond donors (Lipinski definition) is 2. The van der Waals surface area contributed by atoms with Gasteiger partial charge in [-0.25, -0.2) is 0 Å². The van der Waals surface area contributed by atoms with Crippen LogP contribution >= 0.6 is 11.8 Å². The maximum atomic E-state index is 12.6. The minimum Gasteiger partial charge on any atom is -0.391 e. The summed E-state index contributed by atoms with van der Waals surface area (Å²) < 4.78 is 5.24. The van der Waals surface area contributed by atoms with E-state index in [0.29, 0.717) is 24.7 Å². The number of benzene rings is 1. The fourth-order valence-corrected chi connectivity index (χ4v) is 4.94. The van der Waals surface area contributed by atoms with Gasteiger partial charge in [-0.05, 0) is 30.8 Å². The third-order valence-corrected chi connectivity index (χ3v) is 6.48. The average Bonchev–Trinajstić information content (AvgIpc) is 3.21. The number of nitrogens with one attached hydrogen (secondary N) is 1. The molecule has 6 nitrogen and oxygen atoms in total. The number of carbonyl (C=O) groups excluding carboxylic acids is 1. The van der Waals surface area contributed by atoms with E-state index in [-0.39, 0.29) is 17.7 Å². The summed E-state index contributed by atoms with van der Waals surface area (Å²) in [7, 11) is 0. The average molecular weight is 388 g/mol. The molecule has 144 valence electrons. The molecule has 2 fully saturated rings. The van der Waals surface area contributed by atoms with E-state index < -0.39 is 6.10 Å². The largest absolute Gasteiger partial charge is 0.391 e. The summed E-state index contributed by atoms with van der Waals surface area (Å²) in [5, 5.41) is 17.3. The number of likely N-dealkylation sites (tertiary alicyclic amines) is 1. The molecule has 0 unspecified atom stereocenters. The molecular formula is C20H25N3O3S. The Bertz CT molecular complexity index is 761. The highest BCUT2D eigenvalue weighted by atomic mass is 32.2. The van der Waals surface area contributed by atoms with Crippen molar-refractivity contribution in [2.24, 2.45) is 0 Å². The smallest absolute Gasteiger partial charge is 0.290 e. The summed E-state index contributed by atoms with van der Waals surface area (Å²) in [6.45, 7) is 1.57. The highest BCUT2D eigenvalue weighted by Gasteiger charge is 2.33. The van der Waals surface area contributed by atoms with Gasteiger partial charge in [-0.1, -0.05) is 35.5 Å². The van der Waals surface area contributed by atoms with Crippen LogP contribution in [0, 0.1) is 0 Å². The van der Waals surface area contributed by atoms with Crippen molar-refractivity contribution in [1.29, 1.82) is 0 Å². The van der Waals surface area contributed by atoms with Gasteiger partial charge in [0.05, 0.1) is 12.1 Å². The molecule has 0 bridgehead atoms. The first-order valence-corrected chi connectivity index (χ1v) is 10.7. The zero-order chi connectivity index (χ0) is 18.6. The number of amides is 1. The van der Waals surface area contributed by atoms with Crippen LogP contribution < -0.4 is 5.32 Å². The molecule has 0 spiro atoms. The Labute approximate surface area is 163 Å². The third kappa shape index (κ3) is 4.36. The number of thioether (sulfide) groups is 1. The Morgan fingerprint density at radius 1 is 1.22 bits per heavy atom. The number of piperidine rings is 1. The van der Waals surface area contributed by atoms with Gasteiger partial charge in [0.15, 0.2) is 0 Å². The fourth-order valence-electron chi connectivity index (χ4n) is 3.86. The van der Waals surface area contributed by atoms with Gasteiger partial charge in [0.25, 0.3) is 5.91 Å². The Kier molecular flexibility index (Phi) is 5.80. The molecule has 27 heavy (non-hydrogen) atoms. The Morgan fingerprint density at radius 2 is 2.00 bits per heavy atom. The van der Waals surface area contributed by atoms with Crippen molar-refractivity contribution in [3.05, 3.63) is 42.2 Å². The molecule has 2 aliphatic heterocycles. The van der Waals surface area contributed by atoms with E-state index in [1.54, 1.807) is 6.07 Å². The van der Waals surface area contributed by atoms with E-state index in [1.807, 2.05) is 42.1 Å². The second-order valence-corrected chi connectivity index (χ2v) is 8.44. The van der Waals surface area contributed by atoms with Crippen LogP contribution in [-0.4, -0.2) is 63.9 Å². The van der Waals surface area contributed by atoms with E-state index in [2.05, 4.69) is 15.4 Å². The van der Waals surface area contributed by atoms with E-state index in [1.165, 1.54) is 24.3 Å². The predicted molar refractivity (Wildman–Crippen MR) is 106 cm³/mol. The standard InChI is InChI=1S/C20H25N3O3S/c24-18-6-9-23(15-7-10-27-11-8-15)13-17(18)21-20(25)19-12-16(22-26-19)14-4-2-1-3-5-14/h1-5,12,15,17-18,24H,6-11,13H2,(H,21,25)/t17-,18+/m1/s1. The van der Waals surface area contributed by atoms with E-state index >= 15 is 0 Å². The molecule has 0 radical (unpaired) electrons. The fraction of sp³-hybridized carbons (Fsp3) is 0.500. The lowest BCUT2D eigenvalue weighted by molar-refractivity contribution is 0.0256. The molecule has 2 aromatic rings. The lowest BCUT2D eigenvalue weighted by Gasteiger charge is -2.41. The Morgan fingerprint density at radius 3 is 2.78 bits per heavy atom. The number of hydrogen-bond acceptors (Lipinski definition) is 6. The normalized spacial score (nSPS) is 24.6. The van der Waals surface area contributed by atoms with Crippen molar-refractivity contribution < 1.29 is 14.4 Å². The molecule has 1 aromatic heterocycles. The summed E-state index contributed by atoms with van der Waals surface area (Å²) in [6.07, 6.45) is 2.52. The molecular weight excluding hydrogens is 362 g/mol. The first kappa shape index (κ1) is 18.5. The van der Waals surface area contributed by atoms with Crippen molar-refractivity contribution in [2.45, 2.75) is 37.5 Å². The van der Waals surface area contributed by atoms with E-state index in [4.69, 9.17) is 4.52 Å². The van der Waals surface area contributed by atoms with Gasteiger partial charge < -0.3 is 14.9 Å². The number of rotatable bonds is 4. The molecule has 3 heterocycles. The Balaban J connectivity index is 1.40. The predicted octanol–water partition coefficient (Wildman–Crippen LogP) is 2.40. The van der Waals surface area contributed by atoms with Gasteiger partial charge in [0.1, 0.15) is 5.69 Å². The zero-order valence-corrected chi connectivity index (χ0v) is 16.0. The van der Waals surface area contributed by atoms with Gasteiger partial charge >= 0.3 is 0 Å². The topological polar surface area (TPSA) is 78.6 Å². The highest BCUT2D eigenvalue weighted by Crippen LogP contribution is 2.25. The minimum absolute atomic E-state index is 0.173. The molecule has 2 aliphatic rings. The maximum Gasteiger partial charge on any atom is 0.290 e. The van der Waals surface area contributed by atoms with Crippen LogP contribution in [0.3, 0.4) is 0 Å². The Hall–Kier alpha value is -1.83. The van der Waals surface area contributed by atoms with Crippen LogP contribution in [0.15, 0.2) is 40.9 Å². The molecule has 1 aromatic carbocycles. The second-order valence-electron chi connectivity index (χ2n) is 7.22. The van der Waals surface area contributed by atoms with Crippen molar-refractivity contribution in [1.82, 2.24) is 15.4 Å². The monoisotopic (exact) mass is 387 g/mol. The lowest BCUT2D eigenvalue weighted by Crippen LogP contribution is -2.57. The molecule has 7 heteroatoms. The van der Waals surface area contributed by atoms with Crippen molar-refractivity contribution in [3.63, 3.8) is 0 Å². The van der Waals surface area contributed by atoms with Crippen molar-refractivity contribution >= 4 is 17.7 Å². The van der Waals surface area contributed by atoms with Crippen LogP contribution in [0.2, 0.25) is 0 Å². The maximum absolute atomic E-state index is 12.6. The first-order valence-electron chi connectivity index (χ1n) is 9.53. The number of aromatic nitrogens is 1. The van der Waals surface area contributed by atoms with Gasteiger partial charge in [0.2, 0.25) is 5.76 Å². The number of nitrogens with zero attached hydrogens (tertiary/aromatic N) is 2. The zero-order valence-electron chi connectivity index (χ0n) is 15.2. The number of carbonyl (C=O) groups is 1. The third-order valence-electron chi connectivity index (χ3n) is 5.43. The molecule has 0 saturated carbocycles. The summed E-state index contributed by atoms with van der Waals surface area (Å²) in [5.74, 6) is 2.24. The molecule has 4 rings (SSSR count). The molecule has 2 saturated heterocycles. The van der Waals surface area contributed by atoms with Crippen LogP contribution in [0.25, 0.3) is 11.3 Å². The lowest BCUT2D eigenvalue weighted by atomic mass is 9.98. The summed E-state index contributed by atoms with van der Waals surface area (Å²) in [5.41, 5.74) is 1.53. The van der Waals surface area contributed by atoms with Crippen LogP contribution in [0.5, 0.6) is 0 Å². The molecule has 0 aliphatic carbocycles. The van der Waals surface area contributed by atoms with Crippen molar-refractivity contribution in [3.8, 4) is 11.3 Å². The summed E-state index contributed by atoms with van der Waals surface area (Å²) in [6, 6.07) is 11.5. The van der Waals surface area contributed by atoms with Crippen LogP contribution in [0.1, 0.15) is 29.8 Å². The minimum atomic E-state index is -0.528.